The molecular formula is C11H15NO. The summed E-state index contributed by atoms with van der Waals surface area (Å²) in [6.07, 6.45) is 4.98. The average Bonchev–Trinajstić information content (AvgIpc) is 2.18. The molecule has 1 aromatic carbocycles. The van der Waals surface area contributed by atoms with Gasteiger partial charge in [-0.15, -0.1) is 0 Å². The molecule has 2 nitrogen and oxygen atoms in total. The summed E-state index contributed by atoms with van der Waals surface area (Å²) < 4.78 is 0. The minimum Gasteiger partial charge on any atom is -0.411 e. The highest BCUT2D eigenvalue weighted by molar-refractivity contribution is 5.58. The van der Waals surface area contributed by atoms with Crippen molar-refractivity contribution in [2.75, 3.05) is 0 Å². The lowest BCUT2D eigenvalue weighted by atomic mass is 10.1. The van der Waals surface area contributed by atoms with Crippen molar-refractivity contribution < 1.29 is 4.84 Å². The topological polar surface area (TPSA) is 35.2 Å². The molecule has 0 aliphatic carbocycles. The SMILES string of the molecule is C/C=C/c1cc(CC)ccc1ON. The van der Waals surface area contributed by atoms with Crippen LogP contribution < -0.4 is 10.7 Å². The molecule has 70 valence electrons. The van der Waals surface area contributed by atoms with Crippen LogP contribution in [0, 0.1) is 0 Å². The van der Waals surface area contributed by atoms with Crippen LogP contribution in [0.4, 0.5) is 0 Å². The predicted octanol–water partition coefficient (Wildman–Crippen LogP) is 2.53. The Morgan fingerprint density at radius 2 is 2.23 bits per heavy atom. The smallest absolute Gasteiger partial charge is 0.154 e. The molecule has 0 unspecified atom stereocenters. The second-order valence-corrected chi connectivity index (χ2v) is 2.84. The first-order chi connectivity index (χ1) is 6.31. The maximum Gasteiger partial charge on any atom is 0.154 e. The fourth-order valence-electron chi connectivity index (χ4n) is 1.23. The maximum absolute atomic E-state index is 5.14. The normalized spacial score (nSPS) is 10.7. The summed E-state index contributed by atoms with van der Waals surface area (Å²) in [4.78, 5) is 4.75. The minimum atomic E-state index is 0.718. The lowest BCUT2D eigenvalue weighted by molar-refractivity contribution is 0.333. The molecule has 0 fully saturated rings. The van der Waals surface area contributed by atoms with Crippen LogP contribution in [0.1, 0.15) is 25.0 Å². The Kier molecular flexibility index (Phi) is 3.53. The molecule has 0 bridgehead atoms. The molecule has 0 saturated heterocycles. The van der Waals surface area contributed by atoms with Crippen molar-refractivity contribution in [2.45, 2.75) is 20.3 Å². The Morgan fingerprint density at radius 3 is 2.77 bits per heavy atom. The fraction of sp³-hybridized carbons (Fsp3) is 0.273. The third-order valence-corrected chi connectivity index (χ3v) is 1.96. The van der Waals surface area contributed by atoms with Crippen LogP contribution in [-0.2, 0) is 6.42 Å². The largest absolute Gasteiger partial charge is 0.411 e. The lowest BCUT2D eigenvalue weighted by Gasteiger charge is -2.05. The van der Waals surface area contributed by atoms with Crippen molar-refractivity contribution >= 4 is 6.08 Å². The van der Waals surface area contributed by atoms with Crippen molar-refractivity contribution in [2.24, 2.45) is 5.90 Å². The number of rotatable bonds is 3. The van der Waals surface area contributed by atoms with Gasteiger partial charge in [0.15, 0.2) is 5.75 Å². The van der Waals surface area contributed by atoms with Gasteiger partial charge in [-0.25, -0.2) is 0 Å². The summed E-state index contributed by atoms with van der Waals surface area (Å²) in [6, 6.07) is 6.01. The second-order valence-electron chi connectivity index (χ2n) is 2.84. The first-order valence-corrected chi connectivity index (χ1v) is 4.44. The molecule has 0 aromatic heterocycles. The van der Waals surface area contributed by atoms with Crippen LogP contribution in [0.3, 0.4) is 0 Å². The first-order valence-electron chi connectivity index (χ1n) is 4.44. The molecule has 0 aliphatic heterocycles. The molecule has 1 aromatic rings. The van der Waals surface area contributed by atoms with Crippen LogP contribution in [0.2, 0.25) is 0 Å². The Bertz CT molecular complexity index is 305. The van der Waals surface area contributed by atoms with Crippen molar-refractivity contribution in [1.29, 1.82) is 0 Å². The van der Waals surface area contributed by atoms with Gasteiger partial charge < -0.3 is 4.84 Å². The Morgan fingerprint density at radius 1 is 1.46 bits per heavy atom. The number of aryl methyl sites for hydroxylation is 1. The van der Waals surface area contributed by atoms with E-state index < -0.39 is 0 Å². The zero-order valence-electron chi connectivity index (χ0n) is 8.08. The number of allylic oxidation sites excluding steroid dienone is 1. The molecular weight excluding hydrogens is 162 g/mol. The van der Waals surface area contributed by atoms with Gasteiger partial charge in [0, 0.05) is 5.56 Å². The molecule has 0 radical (unpaired) electrons. The molecule has 0 atom stereocenters. The van der Waals surface area contributed by atoms with Gasteiger partial charge in [-0.1, -0.05) is 25.1 Å². The van der Waals surface area contributed by atoms with Crippen LogP contribution >= 0.6 is 0 Å². The van der Waals surface area contributed by atoms with Crippen LogP contribution in [0.25, 0.3) is 6.08 Å². The zero-order chi connectivity index (χ0) is 9.68. The minimum absolute atomic E-state index is 0.718. The van der Waals surface area contributed by atoms with Crippen molar-refractivity contribution in [3.05, 3.63) is 35.4 Å². The highest BCUT2D eigenvalue weighted by Gasteiger charge is 2.00. The molecule has 2 heteroatoms. The zero-order valence-corrected chi connectivity index (χ0v) is 8.08. The van der Waals surface area contributed by atoms with E-state index in [0.29, 0.717) is 0 Å². The van der Waals surface area contributed by atoms with Gasteiger partial charge in [-0.3, -0.25) is 0 Å². The monoisotopic (exact) mass is 177 g/mol. The highest BCUT2D eigenvalue weighted by atomic mass is 16.6. The number of hydrogen-bond acceptors (Lipinski definition) is 2. The Labute approximate surface area is 79.0 Å². The van der Waals surface area contributed by atoms with Gasteiger partial charge >= 0.3 is 0 Å². The summed E-state index contributed by atoms with van der Waals surface area (Å²) in [5, 5.41) is 0. The molecule has 0 amide bonds. The summed E-state index contributed by atoms with van der Waals surface area (Å²) in [6.45, 7) is 4.09. The molecule has 0 saturated carbocycles. The quantitative estimate of drug-likeness (QED) is 0.720. The summed E-state index contributed by atoms with van der Waals surface area (Å²) in [5.74, 6) is 5.86. The van der Waals surface area contributed by atoms with Crippen LogP contribution in [0.15, 0.2) is 24.3 Å². The van der Waals surface area contributed by atoms with Gasteiger partial charge in [-0.2, -0.15) is 5.90 Å². The van der Waals surface area contributed by atoms with Gasteiger partial charge in [0.05, 0.1) is 0 Å². The first kappa shape index (κ1) is 9.81. The Hall–Kier alpha value is -1.28. The third kappa shape index (κ3) is 2.33. The van der Waals surface area contributed by atoms with Crippen LogP contribution in [-0.4, -0.2) is 0 Å². The third-order valence-electron chi connectivity index (χ3n) is 1.96. The van der Waals surface area contributed by atoms with Gasteiger partial charge in [-0.05, 0) is 31.0 Å². The van der Waals surface area contributed by atoms with Gasteiger partial charge in [0.2, 0.25) is 0 Å². The molecule has 0 heterocycles. The molecule has 1 rings (SSSR count). The van der Waals surface area contributed by atoms with Crippen molar-refractivity contribution in [3.8, 4) is 5.75 Å². The van der Waals surface area contributed by atoms with E-state index in [1.54, 1.807) is 0 Å². The number of nitrogens with two attached hydrogens (primary N) is 1. The van der Waals surface area contributed by atoms with Crippen molar-refractivity contribution in [1.82, 2.24) is 0 Å². The van der Waals surface area contributed by atoms with E-state index in [2.05, 4.69) is 13.0 Å². The molecule has 13 heavy (non-hydrogen) atoms. The molecule has 0 aliphatic rings. The lowest BCUT2D eigenvalue weighted by Crippen LogP contribution is -2.03. The van der Waals surface area contributed by atoms with Gasteiger partial charge in [0.1, 0.15) is 0 Å². The molecule has 0 spiro atoms. The average molecular weight is 177 g/mol. The van der Waals surface area contributed by atoms with Crippen LogP contribution in [0.5, 0.6) is 5.75 Å². The second kappa shape index (κ2) is 4.67. The summed E-state index contributed by atoms with van der Waals surface area (Å²) in [5.41, 5.74) is 2.32. The number of benzene rings is 1. The van der Waals surface area contributed by atoms with E-state index in [4.69, 9.17) is 10.7 Å². The van der Waals surface area contributed by atoms with E-state index in [-0.39, 0.29) is 0 Å². The fourth-order valence-corrected chi connectivity index (χ4v) is 1.23. The van der Waals surface area contributed by atoms with E-state index in [0.717, 1.165) is 17.7 Å². The van der Waals surface area contributed by atoms with Gasteiger partial charge in [0.25, 0.3) is 0 Å². The van der Waals surface area contributed by atoms with E-state index in [1.165, 1.54) is 5.56 Å². The summed E-state index contributed by atoms with van der Waals surface area (Å²) in [7, 11) is 0. The standard InChI is InChI=1S/C11H15NO/c1-3-5-10-8-9(4-2)6-7-11(10)13-12/h3,5-8H,4,12H2,1-2H3/b5-3+. The maximum atomic E-state index is 5.14. The molecule has 2 N–H and O–H groups in total. The van der Waals surface area contributed by atoms with E-state index >= 15 is 0 Å². The summed E-state index contributed by atoms with van der Waals surface area (Å²) >= 11 is 0. The van der Waals surface area contributed by atoms with E-state index in [1.807, 2.05) is 31.2 Å². The number of hydrogen-bond donors (Lipinski definition) is 1. The van der Waals surface area contributed by atoms with E-state index in [9.17, 15) is 0 Å². The van der Waals surface area contributed by atoms with Crippen molar-refractivity contribution in [3.63, 3.8) is 0 Å². The predicted molar refractivity (Wildman–Crippen MR) is 55.3 cm³/mol. The highest BCUT2D eigenvalue weighted by Crippen LogP contribution is 2.20. The Balaban J connectivity index is 3.09.